The highest BCUT2D eigenvalue weighted by Crippen LogP contribution is 2.28. The van der Waals surface area contributed by atoms with Gasteiger partial charge in [0.1, 0.15) is 17.4 Å². The predicted molar refractivity (Wildman–Crippen MR) is 80.5 cm³/mol. The second-order valence-electron chi connectivity index (χ2n) is 4.62. The van der Waals surface area contributed by atoms with Crippen LogP contribution in [0.2, 0.25) is 0 Å². The topological polar surface area (TPSA) is 21.3 Å². The molecular weight excluding hydrogens is 272 g/mol. The first-order chi connectivity index (χ1) is 10.1. The predicted octanol–water partition coefficient (Wildman–Crippen LogP) is 4.70. The number of hydrogen-bond donors (Lipinski definition) is 1. The number of methoxy groups -OCH3 is 1. The molecule has 2 nitrogen and oxygen atoms in total. The first-order valence-electron chi connectivity index (χ1n) is 6.60. The van der Waals surface area contributed by atoms with Gasteiger partial charge in [-0.05, 0) is 42.8 Å². The van der Waals surface area contributed by atoms with Gasteiger partial charge in [-0.3, -0.25) is 0 Å². The summed E-state index contributed by atoms with van der Waals surface area (Å²) in [5, 5.41) is 3.12. The molecule has 1 unspecified atom stereocenters. The van der Waals surface area contributed by atoms with Gasteiger partial charge in [-0.1, -0.05) is 12.1 Å². The smallest absolute Gasteiger partial charge is 0.128 e. The minimum absolute atomic E-state index is 0.341. The number of anilines is 1. The molecule has 2 rings (SSSR count). The van der Waals surface area contributed by atoms with Crippen molar-refractivity contribution >= 4 is 5.69 Å². The molecule has 110 valence electrons. The molecule has 1 atom stereocenters. The summed E-state index contributed by atoms with van der Waals surface area (Å²) >= 11 is 0. The maximum atomic E-state index is 14.1. The largest absolute Gasteiger partial charge is 0.497 e. The van der Waals surface area contributed by atoms with Crippen LogP contribution < -0.4 is 10.1 Å². The molecule has 0 aliphatic heterocycles. The van der Waals surface area contributed by atoms with Gasteiger partial charge in [0.15, 0.2) is 0 Å². The molecule has 2 aromatic rings. The molecule has 0 aliphatic rings. The third kappa shape index (κ3) is 3.81. The van der Waals surface area contributed by atoms with Crippen LogP contribution in [0.1, 0.15) is 18.0 Å². The highest BCUT2D eigenvalue weighted by molar-refractivity contribution is 5.46. The Morgan fingerprint density at radius 1 is 1.24 bits per heavy atom. The Morgan fingerprint density at radius 2 is 2.05 bits per heavy atom. The molecule has 0 heterocycles. The zero-order valence-corrected chi connectivity index (χ0v) is 11.8. The van der Waals surface area contributed by atoms with Crippen molar-refractivity contribution in [1.82, 2.24) is 0 Å². The Morgan fingerprint density at radius 3 is 2.71 bits per heavy atom. The molecule has 0 fully saturated rings. The van der Waals surface area contributed by atoms with Crippen LogP contribution in [0.25, 0.3) is 0 Å². The third-order valence-electron chi connectivity index (χ3n) is 3.15. The fourth-order valence-corrected chi connectivity index (χ4v) is 2.13. The second kappa shape index (κ2) is 6.88. The van der Waals surface area contributed by atoms with Gasteiger partial charge in [0.05, 0.1) is 13.2 Å². The summed E-state index contributed by atoms with van der Waals surface area (Å²) in [7, 11) is 1.53. The van der Waals surface area contributed by atoms with E-state index in [1.165, 1.54) is 25.3 Å². The summed E-state index contributed by atoms with van der Waals surface area (Å²) in [5.41, 5.74) is 1.04. The molecule has 1 N–H and O–H groups in total. The van der Waals surface area contributed by atoms with Gasteiger partial charge in [0.25, 0.3) is 0 Å². The molecule has 0 aliphatic carbocycles. The quantitative estimate of drug-likeness (QED) is 0.778. The molecular formula is C17H17F2NO. The summed E-state index contributed by atoms with van der Waals surface area (Å²) < 4.78 is 32.4. The van der Waals surface area contributed by atoms with E-state index in [1.54, 1.807) is 30.3 Å². The molecule has 0 saturated carbocycles. The van der Waals surface area contributed by atoms with Crippen LogP contribution >= 0.6 is 0 Å². The Balaban J connectivity index is 2.32. The molecule has 0 amide bonds. The normalized spacial score (nSPS) is 11.8. The Kier molecular flexibility index (Phi) is 4.93. The van der Waals surface area contributed by atoms with Crippen LogP contribution in [0.15, 0.2) is 55.1 Å². The van der Waals surface area contributed by atoms with Gasteiger partial charge >= 0.3 is 0 Å². The zero-order chi connectivity index (χ0) is 15.2. The highest BCUT2D eigenvalue weighted by atomic mass is 19.1. The molecule has 0 radical (unpaired) electrons. The van der Waals surface area contributed by atoms with E-state index >= 15 is 0 Å². The maximum absolute atomic E-state index is 14.1. The molecule has 0 bridgehead atoms. The van der Waals surface area contributed by atoms with Crippen molar-refractivity contribution in [3.63, 3.8) is 0 Å². The van der Waals surface area contributed by atoms with Crippen molar-refractivity contribution in [1.29, 1.82) is 0 Å². The number of rotatable bonds is 6. The lowest BCUT2D eigenvalue weighted by Gasteiger charge is -2.20. The second-order valence-corrected chi connectivity index (χ2v) is 4.62. The SMILES string of the molecule is C=CCC(Nc1cccc(F)c1)c1cc(OC)ccc1F. The Hall–Kier alpha value is -2.36. The minimum atomic E-state index is -0.348. The monoisotopic (exact) mass is 289 g/mol. The van der Waals surface area contributed by atoms with Gasteiger partial charge in [0, 0.05) is 11.3 Å². The van der Waals surface area contributed by atoms with E-state index in [1.807, 2.05) is 0 Å². The van der Waals surface area contributed by atoms with Gasteiger partial charge < -0.3 is 10.1 Å². The van der Waals surface area contributed by atoms with Crippen LogP contribution in [0, 0.1) is 11.6 Å². The minimum Gasteiger partial charge on any atom is -0.497 e. The van der Waals surface area contributed by atoms with Crippen molar-refractivity contribution < 1.29 is 13.5 Å². The summed E-state index contributed by atoms with van der Waals surface area (Å²) in [5.74, 6) is -0.114. The molecule has 21 heavy (non-hydrogen) atoms. The van der Waals surface area contributed by atoms with E-state index in [2.05, 4.69) is 11.9 Å². The summed E-state index contributed by atoms with van der Waals surface area (Å²) in [6.07, 6.45) is 2.19. The third-order valence-corrected chi connectivity index (χ3v) is 3.15. The van der Waals surface area contributed by atoms with Crippen LogP contribution in [-0.2, 0) is 0 Å². The summed E-state index contributed by atoms with van der Waals surface area (Å²) in [4.78, 5) is 0. The Bertz CT molecular complexity index is 628. The molecule has 0 aromatic heterocycles. The molecule has 2 aromatic carbocycles. The van der Waals surface area contributed by atoms with E-state index in [-0.39, 0.29) is 17.7 Å². The van der Waals surface area contributed by atoms with Crippen LogP contribution in [-0.4, -0.2) is 7.11 Å². The summed E-state index contributed by atoms with van der Waals surface area (Å²) in [6, 6.07) is 10.3. The fraction of sp³-hybridized carbons (Fsp3) is 0.176. The number of ether oxygens (including phenoxy) is 1. The maximum Gasteiger partial charge on any atom is 0.128 e. The average Bonchev–Trinajstić information content (AvgIpc) is 2.47. The van der Waals surface area contributed by atoms with E-state index in [4.69, 9.17) is 4.74 Å². The first-order valence-corrected chi connectivity index (χ1v) is 6.60. The van der Waals surface area contributed by atoms with Crippen LogP contribution in [0.3, 0.4) is 0 Å². The molecule has 0 saturated heterocycles. The lowest BCUT2D eigenvalue weighted by Crippen LogP contribution is -2.12. The van der Waals surface area contributed by atoms with Crippen molar-refractivity contribution in [3.8, 4) is 5.75 Å². The van der Waals surface area contributed by atoms with E-state index in [9.17, 15) is 8.78 Å². The summed E-state index contributed by atoms with van der Waals surface area (Å²) in [6.45, 7) is 3.69. The first kappa shape index (κ1) is 15.0. The van der Waals surface area contributed by atoms with E-state index < -0.39 is 0 Å². The van der Waals surface area contributed by atoms with Crippen LogP contribution in [0.4, 0.5) is 14.5 Å². The van der Waals surface area contributed by atoms with Gasteiger partial charge in [-0.15, -0.1) is 6.58 Å². The Labute approximate surface area is 123 Å². The van der Waals surface area contributed by atoms with Crippen LogP contribution in [0.5, 0.6) is 5.75 Å². The lowest BCUT2D eigenvalue weighted by molar-refractivity contribution is 0.412. The van der Waals surface area contributed by atoms with Crippen molar-refractivity contribution in [3.05, 3.63) is 72.3 Å². The molecule has 4 heteroatoms. The molecule has 0 spiro atoms. The van der Waals surface area contributed by atoms with E-state index in [0.717, 1.165) is 0 Å². The van der Waals surface area contributed by atoms with E-state index in [0.29, 0.717) is 23.4 Å². The van der Waals surface area contributed by atoms with Gasteiger partial charge in [-0.25, -0.2) is 8.78 Å². The van der Waals surface area contributed by atoms with Crippen molar-refractivity contribution in [2.45, 2.75) is 12.5 Å². The standard InChI is InChI=1S/C17H17F2NO/c1-3-5-17(20-13-7-4-6-12(18)10-13)15-11-14(21-2)8-9-16(15)19/h3-4,6-11,17,20H,1,5H2,2H3. The van der Waals surface area contributed by atoms with Crippen molar-refractivity contribution in [2.75, 3.05) is 12.4 Å². The van der Waals surface area contributed by atoms with Gasteiger partial charge in [0.2, 0.25) is 0 Å². The highest BCUT2D eigenvalue weighted by Gasteiger charge is 2.16. The fourth-order valence-electron chi connectivity index (χ4n) is 2.13. The number of hydrogen-bond acceptors (Lipinski definition) is 2. The number of benzene rings is 2. The number of nitrogens with one attached hydrogen (secondary N) is 1. The van der Waals surface area contributed by atoms with Gasteiger partial charge in [-0.2, -0.15) is 0 Å². The zero-order valence-electron chi connectivity index (χ0n) is 11.8. The van der Waals surface area contributed by atoms with Crippen molar-refractivity contribution in [2.24, 2.45) is 0 Å². The lowest BCUT2D eigenvalue weighted by atomic mass is 10.0. The average molecular weight is 289 g/mol. The number of halogens is 2.